The molecule has 3 rings (SSSR count). The summed E-state index contributed by atoms with van der Waals surface area (Å²) in [6.07, 6.45) is 1.40. The second kappa shape index (κ2) is 10.9. The number of anilines is 1. The molecule has 0 spiro atoms. The van der Waals surface area contributed by atoms with Crippen LogP contribution in [0.2, 0.25) is 0 Å². The minimum absolute atomic E-state index is 0.00270. The molecule has 0 aromatic heterocycles. The molecule has 0 heterocycles. The Kier molecular flexibility index (Phi) is 7.94. The first-order valence-electron chi connectivity index (χ1n) is 10.9. The minimum Gasteiger partial charge on any atom is -0.490 e. The first-order chi connectivity index (χ1) is 16.6. The highest BCUT2D eigenvalue weighted by Crippen LogP contribution is 2.32. The predicted octanol–water partition coefficient (Wildman–Crippen LogP) is 5.32. The Morgan fingerprint density at radius 3 is 2.40 bits per heavy atom. The van der Waals surface area contributed by atoms with Crippen molar-refractivity contribution in [1.82, 2.24) is 0 Å². The Morgan fingerprint density at radius 2 is 1.74 bits per heavy atom. The summed E-state index contributed by atoms with van der Waals surface area (Å²) in [6, 6.07) is 18.2. The number of nitriles is 1. The van der Waals surface area contributed by atoms with Gasteiger partial charge in [-0.15, -0.1) is 0 Å². The van der Waals surface area contributed by atoms with E-state index in [0.29, 0.717) is 11.3 Å². The molecule has 0 saturated heterocycles. The number of ether oxygens (including phenoxy) is 1. The van der Waals surface area contributed by atoms with Crippen molar-refractivity contribution in [2.24, 2.45) is 0 Å². The molecular weight excluding hydrogens is 464 g/mol. The molecule has 0 aliphatic rings. The molecule has 3 aromatic carbocycles. The van der Waals surface area contributed by atoms with Crippen LogP contribution in [0.4, 0.5) is 5.69 Å². The molecule has 0 aliphatic carbocycles. The van der Waals surface area contributed by atoms with Gasteiger partial charge in [-0.25, -0.2) is 0 Å². The van der Waals surface area contributed by atoms with Crippen LogP contribution in [-0.4, -0.2) is 20.9 Å². The van der Waals surface area contributed by atoms with Crippen LogP contribution >= 0.6 is 0 Å². The third-order valence-electron chi connectivity index (χ3n) is 5.31. The fourth-order valence-electron chi connectivity index (χ4n) is 3.21. The molecule has 0 aliphatic heterocycles. The van der Waals surface area contributed by atoms with Crippen molar-refractivity contribution in [2.75, 3.05) is 11.9 Å². The predicted molar refractivity (Wildman–Crippen MR) is 135 cm³/mol. The number of rotatable bonds is 8. The Labute approximate surface area is 205 Å². The molecule has 0 bridgehead atoms. The van der Waals surface area contributed by atoms with Crippen LogP contribution in [0.5, 0.6) is 11.5 Å². The van der Waals surface area contributed by atoms with Gasteiger partial charge in [0, 0.05) is 5.69 Å². The van der Waals surface area contributed by atoms with E-state index in [1.807, 2.05) is 39.0 Å². The zero-order valence-corrected chi connectivity index (χ0v) is 20.8. The fourth-order valence-corrected chi connectivity index (χ4v) is 4.15. The van der Waals surface area contributed by atoms with Crippen molar-refractivity contribution in [3.63, 3.8) is 0 Å². The summed E-state index contributed by atoms with van der Waals surface area (Å²) in [5, 5.41) is 12.3. The maximum atomic E-state index is 12.7. The lowest BCUT2D eigenvalue weighted by Gasteiger charge is -2.13. The molecule has 0 fully saturated rings. The summed E-state index contributed by atoms with van der Waals surface area (Å²) in [7, 11) is -4.08. The molecule has 0 unspecified atom stereocenters. The Bertz CT molecular complexity index is 1420. The van der Waals surface area contributed by atoms with Gasteiger partial charge in [0.15, 0.2) is 11.5 Å². The fraction of sp³-hybridized carbons (Fsp3) is 0.185. The molecule has 180 valence electrons. The third kappa shape index (κ3) is 6.28. The molecule has 8 heteroatoms. The molecule has 35 heavy (non-hydrogen) atoms. The normalized spacial score (nSPS) is 11.5. The van der Waals surface area contributed by atoms with Crippen molar-refractivity contribution in [3.8, 4) is 17.6 Å². The molecular formula is C27H26N2O5S. The number of amides is 1. The van der Waals surface area contributed by atoms with Gasteiger partial charge in [-0.1, -0.05) is 35.9 Å². The number of hydrogen-bond donors (Lipinski definition) is 1. The van der Waals surface area contributed by atoms with Gasteiger partial charge in [-0.3, -0.25) is 4.79 Å². The summed E-state index contributed by atoms with van der Waals surface area (Å²) in [4.78, 5) is 12.7. The number of carbonyl (C=O) groups excluding carboxylic acids is 1. The number of aryl methyl sites for hydroxylation is 2. The summed E-state index contributed by atoms with van der Waals surface area (Å²) in [5.41, 5.74) is 3.83. The van der Waals surface area contributed by atoms with Gasteiger partial charge in [0.25, 0.3) is 5.91 Å². The standard InChI is InChI=1S/C27H26N2O5S/c1-5-33-26-16-21(11-14-25(26)34-35(31,32)23-12-9-18(2)10-13-23)15-22(17-28)27(30)29-24-8-6-7-19(3)20(24)4/h6-16H,5H2,1-4H3,(H,29,30)/b22-15+. The molecule has 1 amide bonds. The smallest absolute Gasteiger partial charge is 0.339 e. The highest BCUT2D eigenvalue weighted by molar-refractivity contribution is 7.87. The van der Waals surface area contributed by atoms with Gasteiger partial charge in [0.05, 0.1) is 6.61 Å². The van der Waals surface area contributed by atoms with Crippen LogP contribution in [0, 0.1) is 32.1 Å². The molecule has 0 radical (unpaired) electrons. The minimum atomic E-state index is -4.08. The van der Waals surface area contributed by atoms with Crippen molar-refractivity contribution in [2.45, 2.75) is 32.6 Å². The highest BCUT2D eigenvalue weighted by Gasteiger charge is 2.20. The molecule has 3 aromatic rings. The van der Waals surface area contributed by atoms with E-state index in [4.69, 9.17) is 8.92 Å². The molecule has 7 nitrogen and oxygen atoms in total. The average molecular weight is 491 g/mol. The van der Waals surface area contributed by atoms with Gasteiger partial charge >= 0.3 is 10.1 Å². The lowest BCUT2D eigenvalue weighted by molar-refractivity contribution is -0.112. The Morgan fingerprint density at radius 1 is 1.03 bits per heavy atom. The van der Waals surface area contributed by atoms with Crippen molar-refractivity contribution < 1.29 is 22.1 Å². The van der Waals surface area contributed by atoms with Crippen LogP contribution < -0.4 is 14.2 Å². The van der Waals surface area contributed by atoms with E-state index in [9.17, 15) is 18.5 Å². The zero-order chi connectivity index (χ0) is 25.6. The van der Waals surface area contributed by atoms with E-state index < -0.39 is 16.0 Å². The van der Waals surface area contributed by atoms with Crippen molar-refractivity contribution in [3.05, 3.63) is 88.5 Å². The van der Waals surface area contributed by atoms with Crippen LogP contribution in [0.25, 0.3) is 6.08 Å². The van der Waals surface area contributed by atoms with E-state index >= 15 is 0 Å². The van der Waals surface area contributed by atoms with Gasteiger partial charge in [-0.2, -0.15) is 13.7 Å². The second-order valence-electron chi connectivity index (χ2n) is 7.86. The van der Waals surface area contributed by atoms with Crippen LogP contribution in [0.15, 0.2) is 71.1 Å². The van der Waals surface area contributed by atoms with Gasteiger partial charge in [-0.05, 0) is 80.8 Å². The molecule has 0 saturated carbocycles. The highest BCUT2D eigenvalue weighted by atomic mass is 32.2. The van der Waals surface area contributed by atoms with Crippen LogP contribution in [-0.2, 0) is 14.9 Å². The van der Waals surface area contributed by atoms with E-state index in [1.165, 1.54) is 30.3 Å². The van der Waals surface area contributed by atoms with E-state index in [1.54, 1.807) is 31.2 Å². The number of carbonyl (C=O) groups is 1. The summed E-state index contributed by atoms with van der Waals surface area (Å²) in [5.74, 6) is -0.381. The molecule has 0 atom stereocenters. The summed E-state index contributed by atoms with van der Waals surface area (Å²) < 4.78 is 36.3. The quantitative estimate of drug-likeness (QED) is 0.260. The zero-order valence-electron chi connectivity index (χ0n) is 20.0. The van der Waals surface area contributed by atoms with Crippen LogP contribution in [0.3, 0.4) is 0 Å². The van der Waals surface area contributed by atoms with E-state index in [-0.39, 0.29) is 28.6 Å². The maximum absolute atomic E-state index is 12.7. The molecule has 1 N–H and O–H groups in total. The number of benzene rings is 3. The Balaban J connectivity index is 1.89. The maximum Gasteiger partial charge on any atom is 0.339 e. The number of nitrogens with one attached hydrogen (secondary N) is 1. The van der Waals surface area contributed by atoms with Crippen LogP contribution in [0.1, 0.15) is 29.2 Å². The number of nitrogens with zero attached hydrogens (tertiary/aromatic N) is 1. The Hall–Kier alpha value is -4.09. The first-order valence-corrected chi connectivity index (χ1v) is 12.3. The van der Waals surface area contributed by atoms with Gasteiger partial charge in [0.2, 0.25) is 0 Å². The monoisotopic (exact) mass is 490 g/mol. The van der Waals surface area contributed by atoms with E-state index in [0.717, 1.165) is 16.7 Å². The summed E-state index contributed by atoms with van der Waals surface area (Å²) in [6.45, 7) is 7.68. The topological polar surface area (TPSA) is 105 Å². The van der Waals surface area contributed by atoms with Gasteiger partial charge < -0.3 is 14.2 Å². The van der Waals surface area contributed by atoms with Crippen molar-refractivity contribution in [1.29, 1.82) is 5.26 Å². The third-order valence-corrected chi connectivity index (χ3v) is 6.55. The second-order valence-corrected chi connectivity index (χ2v) is 9.41. The lowest BCUT2D eigenvalue weighted by Crippen LogP contribution is -2.14. The average Bonchev–Trinajstić information content (AvgIpc) is 2.82. The number of hydrogen-bond acceptors (Lipinski definition) is 6. The van der Waals surface area contributed by atoms with E-state index in [2.05, 4.69) is 5.32 Å². The SMILES string of the molecule is CCOc1cc(/C=C(\C#N)C(=O)Nc2cccc(C)c2C)ccc1OS(=O)(=O)c1ccc(C)cc1. The first kappa shape index (κ1) is 25.5. The summed E-state index contributed by atoms with van der Waals surface area (Å²) >= 11 is 0. The van der Waals surface area contributed by atoms with Gasteiger partial charge in [0.1, 0.15) is 16.5 Å². The largest absolute Gasteiger partial charge is 0.490 e. The lowest BCUT2D eigenvalue weighted by atomic mass is 10.1. The van der Waals surface area contributed by atoms with Crippen molar-refractivity contribution >= 4 is 27.8 Å².